The molecule has 3 heteroatoms. The van der Waals surface area contributed by atoms with E-state index in [4.69, 9.17) is 4.42 Å². The minimum atomic E-state index is 0.831. The largest absolute Gasteiger partial charge is 0.436 e. The van der Waals surface area contributed by atoms with Crippen molar-refractivity contribution in [2.75, 3.05) is 6.26 Å². The van der Waals surface area contributed by atoms with Crippen LogP contribution >= 0.6 is 11.8 Å². The summed E-state index contributed by atoms with van der Waals surface area (Å²) in [6.45, 7) is 4.44. The molecule has 0 unspecified atom stereocenters. The van der Waals surface area contributed by atoms with Gasteiger partial charge in [-0.15, -0.1) is 0 Å². The molecule has 0 bridgehead atoms. The quantitative estimate of drug-likeness (QED) is 0.496. The predicted octanol–water partition coefficient (Wildman–Crippen LogP) is 4.47. The van der Waals surface area contributed by atoms with Crippen LogP contribution in [0.1, 0.15) is 57.4 Å². The molecule has 92 valence electrons. The maximum atomic E-state index is 5.75. The molecule has 0 saturated heterocycles. The van der Waals surface area contributed by atoms with Gasteiger partial charge in [0.1, 0.15) is 5.76 Å². The van der Waals surface area contributed by atoms with Crippen LogP contribution in [-0.4, -0.2) is 11.2 Å². The Hall–Kier alpha value is -0.440. The number of aromatic nitrogens is 1. The molecule has 0 amide bonds. The summed E-state index contributed by atoms with van der Waals surface area (Å²) in [7, 11) is 0. The minimum absolute atomic E-state index is 0.831. The van der Waals surface area contributed by atoms with Crippen molar-refractivity contribution < 1.29 is 4.42 Å². The van der Waals surface area contributed by atoms with Gasteiger partial charge in [0.2, 0.25) is 0 Å². The van der Waals surface area contributed by atoms with E-state index < -0.39 is 0 Å². The van der Waals surface area contributed by atoms with E-state index in [1.54, 1.807) is 11.8 Å². The average Bonchev–Trinajstić information content (AvgIpc) is 2.69. The molecule has 1 aromatic heterocycles. The summed E-state index contributed by atoms with van der Waals surface area (Å²) < 4.78 is 5.75. The first-order chi connectivity index (χ1) is 7.81. The van der Waals surface area contributed by atoms with Crippen molar-refractivity contribution in [2.24, 2.45) is 0 Å². The van der Waals surface area contributed by atoms with Gasteiger partial charge in [-0.25, -0.2) is 4.98 Å². The molecule has 16 heavy (non-hydrogen) atoms. The highest BCUT2D eigenvalue weighted by Gasteiger charge is 2.11. The Morgan fingerprint density at radius 2 is 1.81 bits per heavy atom. The number of unbranched alkanes of at least 4 members (excludes halogenated alkanes) is 3. The maximum absolute atomic E-state index is 5.75. The van der Waals surface area contributed by atoms with Crippen LogP contribution in [0.3, 0.4) is 0 Å². The Morgan fingerprint density at radius 3 is 2.44 bits per heavy atom. The van der Waals surface area contributed by atoms with Crippen molar-refractivity contribution in [3.05, 3.63) is 11.5 Å². The second-order valence-corrected chi connectivity index (χ2v) is 4.87. The van der Waals surface area contributed by atoms with Gasteiger partial charge in [-0.3, -0.25) is 0 Å². The van der Waals surface area contributed by atoms with E-state index in [2.05, 4.69) is 18.8 Å². The van der Waals surface area contributed by atoms with Crippen LogP contribution in [0.25, 0.3) is 0 Å². The molecule has 0 N–H and O–H groups in total. The standard InChI is InChI=1S/C13H23NOS/c1-4-6-8-9-11-12(10-7-5-2)15-13(14-11)16-3/h4-10H2,1-3H3. The lowest BCUT2D eigenvalue weighted by molar-refractivity contribution is 0.411. The van der Waals surface area contributed by atoms with Gasteiger partial charge in [-0.1, -0.05) is 44.9 Å². The number of nitrogens with zero attached hydrogens (tertiary/aromatic N) is 1. The molecule has 0 aliphatic heterocycles. The molecular weight excluding hydrogens is 218 g/mol. The van der Waals surface area contributed by atoms with Crippen molar-refractivity contribution in [1.29, 1.82) is 0 Å². The Balaban J connectivity index is 2.59. The number of rotatable bonds is 8. The van der Waals surface area contributed by atoms with Gasteiger partial charge >= 0.3 is 0 Å². The number of thioether (sulfide) groups is 1. The molecule has 0 saturated carbocycles. The van der Waals surface area contributed by atoms with Crippen molar-refractivity contribution in [1.82, 2.24) is 4.98 Å². The van der Waals surface area contributed by atoms with Crippen LogP contribution in [0.2, 0.25) is 0 Å². The van der Waals surface area contributed by atoms with Gasteiger partial charge in [0.25, 0.3) is 5.22 Å². The zero-order valence-electron chi connectivity index (χ0n) is 10.7. The fraction of sp³-hybridized carbons (Fsp3) is 0.769. The molecule has 0 radical (unpaired) electrons. The van der Waals surface area contributed by atoms with Crippen LogP contribution < -0.4 is 0 Å². The molecule has 1 rings (SSSR count). The summed E-state index contributed by atoms with van der Waals surface area (Å²) in [6.07, 6.45) is 10.3. The third-order valence-electron chi connectivity index (χ3n) is 2.71. The second kappa shape index (κ2) is 7.77. The summed E-state index contributed by atoms with van der Waals surface area (Å²) in [6, 6.07) is 0. The Kier molecular flexibility index (Phi) is 6.62. The third-order valence-corrected chi connectivity index (χ3v) is 3.23. The van der Waals surface area contributed by atoms with E-state index in [0.29, 0.717) is 0 Å². The molecule has 0 aliphatic rings. The topological polar surface area (TPSA) is 26.0 Å². The highest BCUT2D eigenvalue weighted by atomic mass is 32.2. The third kappa shape index (κ3) is 4.20. The van der Waals surface area contributed by atoms with Gasteiger partial charge in [0, 0.05) is 6.42 Å². The van der Waals surface area contributed by atoms with Crippen molar-refractivity contribution in [3.63, 3.8) is 0 Å². The fourth-order valence-electron chi connectivity index (χ4n) is 1.72. The molecular formula is C13H23NOS. The Morgan fingerprint density at radius 1 is 1.06 bits per heavy atom. The summed E-state index contributed by atoms with van der Waals surface area (Å²) in [5.74, 6) is 1.13. The van der Waals surface area contributed by atoms with E-state index in [-0.39, 0.29) is 0 Å². The lowest BCUT2D eigenvalue weighted by Crippen LogP contribution is -1.92. The molecule has 2 nitrogen and oxygen atoms in total. The van der Waals surface area contributed by atoms with Gasteiger partial charge in [0.15, 0.2) is 0 Å². The van der Waals surface area contributed by atoms with E-state index in [1.807, 2.05) is 6.26 Å². The average molecular weight is 241 g/mol. The lowest BCUT2D eigenvalue weighted by Gasteiger charge is -1.99. The maximum Gasteiger partial charge on any atom is 0.255 e. The first kappa shape index (κ1) is 13.6. The first-order valence-electron chi connectivity index (χ1n) is 6.34. The van der Waals surface area contributed by atoms with Crippen LogP contribution in [0.5, 0.6) is 0 Å². The number of hydrogen-bond acceptors (Lipinski definition) is 3. The van der Waals surface area contributed by atoms with E-state index in [9.17, 15) is 0 Å². The molecule has 0 spiro atoms. The SMILES string of the molecule is CCCCCc1nc(SC)oc1CCCC. The molecule has 1 aromatic rings. The molecule has 0 aliphatic carbocycles. The van der Waals surface area contributed by atoms with Gasteiger partial charge in [0.05, 0.1) is 5.69 Å². The van der Waals surface area contributed by atoms with E-state index in [0.717, 1.165) is 23.8 Å². The fourth-order valence-corrected chi connectivity index (χ4v) is 2.10. The van der Waals surface area contributed by atoms with Crippen LogP contribution in [-0.2, 0) is 12.8 Å². The summed E-state index contributed by atoms with van der Waals surface area (Å²) in [4.78, 5) is 4.55. The van der Waals surface area contributed by atoms with Crippen molar-refractivity contribution in [3.8, 4) is 0 Å². The zero-order valence-corrected chi connectivity index (χ0v) is 11.5. The van der Waals surface area contributed by atoms with Crippen LogP contribution in [0.4, 0.5) is 0 Å². The summed E-state index contributed by atoms with van der Waals surface area (Å²) in [5.41, 5.74) is 1.20. The van der Waals surface area contributed by atoms with Gasteiger partial charge in [-0.05, 0) is 25.5 Å². The van der Waals surface area contributed by atoms with Gasteiger partial charge in [-0.2, -0.15) is 0 Å². The smallest absolute Gasteiger partial charge is 0.255 e. The first-order valence-corrected chi connectivity index (χ1v) is 7.56. The van der Waals surface area contributed by atoms with Crippen molar-refractivity contribution >= 4 is 11.8 Å². The zero-order chi connectivity index (χ0) is 11.8. The van der Waals surface area contributed by atoms with E-state index >= 15 is 0 Å². The van der Waals surface area contributed by atoms with Crippen LogP contribution in [0.15, 0.2) is 9.64 Å². The molecule has 0 aromatic carbocycles. The normalized spacial score (nSPS) is 10.9. The predicted molar refractivity (Wildman–Crippen MR) is 70.1 cm³/mol. The Bertz CT molecular complexity index is 296. The Labute approximate surface area is 103 Å². The molecule has 0 atom stereocenters. The molecule has 1 heterocycles. The minimum Gasteiger partial charge on any atom is -0.436 e. The lowest BCUT2D eigenvalue weighted by atomic mass is 10.1. The number of aryl methyl sites for hydroxylation is 2. The highest BCUT2D eigenvalue weighted by molar-refractivity contribution is 7.98. The number of hydrogen-bond donors (Lipinski definition) is 0. The highest BCUT2D eigenvalue weighted by Crippen LogP contribution is 2.22. The van der Waals surface area contributed by atoms with Crippen molar-refractivity contribution in [2.45, 2.75) is 64.0 Å². The monoisotopic (exact) mass is 241 g/mol. The van der Waals surface area contributed by atoms with Gasteiger partial charge < -0.3 is 4.42 Å². The van der Waals surface area contributed by atoms with E-state index in [1.165, 1.54) is 37.8 Å². The number of oxazole rings is 1. The summed E-state index contributed by atoms with van der Waals surface area (Å²) in [5, 5.41) is 0.831. The molecule has 0 fully saturated rings. The van der Waals surface area contributed by atoms with Crippen LogP contribution in [0, 0.1) is 0 Å². The second-order valence-electron chi connectivity index (χ2n) is 4.11. The summed E-state index contributed by atoms with van der Waals surface area (Å²) >= 11 is 1.60.